The zero-order chi connectivity index (χ0) is 24.6. The normalized spacial score (nSPS) is 39.7. The van der Waals surface area contributed by atoms with Crippen LogP contribution in [0, 0.1) is 34.5 Å². The van der Waals surface area contributed by atoms with E-state index in [0.717, 1.165) is 30.1 Å². The Balaban J connectivity index is 1.38. The Morgan fingerprint density at radius 1 is 1.03 bits per heavy atom. The lowest BCUT2D eigenvalue weighted by Gasteiger charge is -2.58. The Labute approximate surface area is 223 Å². The van der Waals surface area contributed by atoms with Gasteiger partial charge in [-0.05, 0) is 106 Å². The molecule has 3 fully saturated rings. The Morgan fingerprint density at radius 3 is 2.50 bits per heavy atom. The molecular weight excluding hydrogens is 500 g/mol. The molecule has 4 aliphatic rings. The van der Waals surface area contributed by atoms with E-state index in [1.165, 1.54) is 89.9 Å². The molecule has 7 atom stereocenters. The number of rotatable bonds is 9. The molecule has 0 aromatic carbocycles. The topological polar surface area (TPSA) is 17.1 Å². The summed E-state index contributed by atoms with van der Waals surface area (Å²) in [5.74, 6) is 3.73. The maximum atomic E-state index is 12.6. The van der Waals surface area contributed by atoms with Crippen LogP contribution in [0.15, 0.2) is 11.6 Å². The zero-order valence-corrected chi connectivity index (χ0v) is 25.2. The first-order chi connectivity index (χ1) is 16.1. The van der Waals surface area contributed by atoms with Crippen molar-refractivity contribution in [3.63, 3.8) is 0 Å². The third-order valence-electron chi connectivity index (χ3n) is 10.9. The second kappa shape index (κ2) is 10.9. The standard InChI is InChI=1S/C31H51BrOS/c1-6-7-8-9-10-11-12-22-14-16-26-25-15-13-23-21-24(34-28(33)29(2,3)32)17-19-31(23,5)27(25)18-20-30(22,26)4/h13,22,24-27H,6-12,14-21H2,1-5H3/t22?,24-,25?,26?,27?,30+,31-/m0/s1. The van der Waals surface area contributed by atoms with Gasteiger partial charge in [0, 0.05) is 5.25 Å². The van der Waals surface area contributed by atoms with Crippen molar-refractivity contribution in [1.29, 1.82) is 0 Å². The van der Waals surface area contributed by atoms with Gasteiger partial charge in [-0.25, -0.2) is 0 Å². The van der Waals surface area contributed by atoms with E-state index in [2.05, 4.69) is 42.8 Å². The van der Waals surface area contributed by atoms with E-state index in [9.17, 15) is 4.79 Å². The molecule has 4 unspecified atom stereocenters. The van der Waals surface area contributed by atoms with E-state index in [1.54, 1.807) is 17.3 Å². The molecule has 0 saturated heterocycles. The van der Waals surface area contributed by atoms with Crippen LogP contribution in [-0.4, -0.2) is 14.7 Å². The molecule has 0 spiro atoms. The van der Waals surface area contributed by atoms with Gasteiger partial charge in [0.15, 0.2) is 0 Å². The van der Waals surface area contributed by atoms with E-state index in [4.69, 9.17) is 0 Å². The lowest BCUT2D eigenvalue weighted by atomic mass is 9.47. The molecule has 1 nitrogen and oxygen atoms in total. The second-order valence-corrected chi connectivity index (χ2v) is 16.6. The van der Waals surface area contributed by atoms with Crippen LogP contribution in [0.5, 0.6) is 0 Å². The minimum atomic E-state index is -0.410. The predicted octanol–water partition coefficient (Wildman–Crippen LogP) is 10.1. The van der Waals surface area contributed by atoms with Gasteiger partial charge < -0.3 is 0 Å². The first-order valence-electron chi connectivity index (χ1n) is 14.7. The van der Waals surface area contributed by atoms with Gasteiger partial charge in [-0.1, -0.05) is 98.6 Å². The fraction of sp³-hybridized carbons (Fsp3) is 0.903. The lowest BCUT2D eigenvalue weighted by molar-refractivity contribution is -0.112. The quantitative estimate of drug-likeness (QED) is 0.161. The Morgan fingerprint density at radius 2 is 1.76 bits per heavy atom. The molecule has 194 valence electrons. The number of alkyl halides is 1. The largest absolute Gasteiger partial charge is 0.286 e. The average Bonchev–Trinajstić information content (AvgIpc) is 3.12. The molecule has 0 aromatic heterocycles. The first kappa shape index (κ1) is 27.3. The maximum Gasteiger partial charge on any atom is 0.205 e. The van der Waals surface area contributed by atoms with Gasteiger partial charge in [-0.3, -0.25) is 4.79 Å². The van der Waals surface area contributed by atoms with E-state index >= 15 is 0 Å². The number of fused-ring (bicyclic) bond motifs is 5. The van der Waals surface area contributed by atoms with Crippen LogP contribution in [0.4, 0.5) is 0 Å². The molecule has 3 heteroatoms. The Kier molecular flexibility index (Phi) is 8.76. The summed E-state index contributed by atoms with van der Waals surface area (Å²) in [6.45, 7) is 11.6. The maximum absolute atomic E-state index is 12.6. The lowest BCUT2D eigenvalue weighted by Crippen LogP contribution is -2.50. The summed E-state index contributed by atoms with van der Waals surface area (Å²) < 4.78 is -0.410. The molecule has 4 rings (SSSR count). The van der Waals surface area contributed by atoms with Crippen molar-refractivity contribution < 1.29 is 4.79 Å². The number of hydrogen-bond acceptors (Lipinski definition) is 2. The van der Waals surface area contributed by atoms with Crippen molar-refractivity contribution in [1.82, 2.24) is 0 Å². The summed E-state index contributed by atoms with van der Waals surface area (Å²) in [6, 6.07) is 0. The van der Waals surface area contributed by atoms with Crippen molar-refractivity contribution in [3.8, 4) is 0 Å². The highest BCUT2D eigenvalue weighted by atomic mass is 79.9. The van der Waals surface area contributed by atoms with Gasteiger partial charge in [-0.15, -0.1) is 0 Å². The number of halogens is 1. The number of carbonyl (C=O) groups is 1. The molecule has 0 N–H and O–H groups in total. The number of hydrogen-bond donors (Lipinski definition) is 0. The van der Waals surface area contributed by atoms with E-state index in [1.807, 2.05) is 13.8 Å². The fourth-order valence-corrected chi connectivity index (χ4v) is 10.1. The van der Waals surface area contributed by atoms with Gasteiger partial charge in [0.25, 0.3) is 0 Å². The van der Waals surface area contributed by atoms with E-state index < -0.39 is 4.32 Å². The van der Waals surface area contributed by atoms with Gasteiger partial charge in [-0.2, -0.15) is 0 Å². The zero-order valence-electron chi connectivity index (χ0n) is 22.8. The van der Waals surface area contributed by atoms with Gasteiger partial charge >= 0.3 is 0 Å². The van der Waals surface area contributed by atoms with Gasteiger partial charge in [0.05, 0.1) is 4.32 Å². The smallest absolute Gasteiger partial charge is 0.205 e. The Bertz CT molecular complexity index is 753. The third-order valence-corrected chi connectivity index (χ3v) is 13.0. The van der Waals surface area contributed by atoms with Crippen LogP contribution < -0.4 is 0 Å². The first-order valence-corrected chi connectivity index (χ1v) is 16.4. The van der Waals surface area contributed by atoms with Gasteiger partial charge in [0.1, 0.15) is 0 Å². The molecule has 34 heavy (non-hydrogen) atoms. The molecular formula is C31H51BrOS. The van der Waals surface area contributed by atoms with Crippen molar-refractivity contribution in [2.45, 2.75) is 141 Å². The van der Waals surface area contributed by atoms with Crippen molar-refractivity contribution in [2.75, 3.05) is 0 Å². The highest BCUT2D eigenvalue weighted by molar-refractivity contribution is 9.10. The summed E-state index contributed by atoms with van der Waals surface area (Å²) in [7, 11) is 0. The Hall–Kier alpha value is 0.240. The highest BCUT2D eigenvalue weighted by Crippen LogP contribution is 2.67. The molecule has 0 bridgehead atoms. The molecule has 3 saturated carbocycles. The fourth-order valence-electron chi connectivity index (χ4n) is 8.77. The SMILES string of the molecule is CCCCCCCCC1CCC2C3CC=C4C[C@@H](SC(=O)C(C)(C)Br)CC[C@]4(C)C3CC[C@]12C. The number of allylic oxidation sites excluding steroid dienone is 2. The monoisotopic (exact) mass is 550 g/mol. The van der Waals surface area contributed by atoms with Gasteiger partial charge in [0.2, 0.25) is 5.12 Å². The summed E-state index contributed by atoms with van der Waals surface area (Å²) in [4.78, 5) is 12.6. The van der Waals surface area contributed by atoms with Crippen LogP contribution in [0.25, 0.3) is 0 Å². The molecule has 0 aliphatic heterocycles. The van der Waals surface area contributed by atoms with Crippen molar-refractivity contribution >= 4 is 32.8 Å². The minimum absolute atomic E-state index is 0.297. The van der Waals surface area contributed by atoms with Crippen molar-refractivity contribution in [3.05, 3.63) is 11.6 Å². The average molecular weight is 552 g/mol. The molecule has 0 radical (unpaired) electrons. The van der Waals surface area contributed by atoms with Crippen molar-refractivity contribution in [2.24, 2.45) is 34.5 Å². The van der Waals surface area contributed by atoms with E-state index in [-0.39, 0.29) is 0 Å². The summed E-state index contributed by atoms with van der Waals surface area (Å²) in [5, 5.41) is 0.772. The van der Waals surface area contributed by atoms with Crippen LogP contribution >= 0.6 is 27.7 Å². The molecule has 0 aromatic rings. The summed E-state index contributed by atoms with van der Waals surface area (Å²) >= 11 is 5.19. The van der Waals surface area contributed by atoms with Crippen LogP contribution in [-0.2, 0) is 4.79 Å². The highest BCUT2D eigenvalue weighted by Gasteiger charge is 2.58. The molecule has 0 amide bonds. The van der Waals surface area contributed by atoms with Crippen LogP contribution in [0.1, 0.15) is 131 Å². The number of unbranched alkanes of at least 4 members (excludes halogenated alkanes) is 5. The number of carbonyl (C=O) groups excluding carboxylic acids is 1. The third kappa shape index (κ3) is 5.41. The number of thioether (sulfide) groups is 1. The van der Waals surface area contributed by atoms with Crippen LogP contribution in [0.2, 0.25) is 0 Å². The predicted molar refractivity (Wildman–Crippen MR) is 153 cm³/mol. The summed E-state index contributed by atoms with van der Waals surface area (Å²) in [5.41, 5.74) is 2.71. The van der Waals surface area contributed by atoms with Crippen LogP contribution in [0.3, 0.4) is 0 Å². The molecule has 0 heterocycles. The second-order valence-electron chi connectivity index (χ2n) is 13.4. The minimum Gasteiger partial charge on any atom is -0.286 e. The molecule has 4 aliphatic carbocycles. The summed E-state index contributed by atoms with van der Waals surface area (Å²) in [6.07, 6.45) is 23.6. The van der Waals surface area contributed by atoms with E-state index in [0.29, 0.717) is 21.2 Å².